The third-order valence-corrected chi connectivity index (χ3v) is 5.07. The van der Waals surface area contributed by atoms with E-state index < -0.39 is 0 Å². The third-order valence-electron chi connectivity index (χ3n) is 3.47. The summed E-state index contributed by atoms with van der Waals surface area (Å²) in [7, 11) is 0. The van der Waals surface area contributed by atoms with Crippen molar-refractivity contribution < 1.29 is 13.9 Å². The Kier molecular flexibility index (Phi) is 7.07. The Morgan fingerprint density at radius 1 is 1.14 bits per heavy atom. The lowest BCUT2D eigenvalue weighted by atomic mass is 10.2. The molecule has 1 aromatic heterocycles. The average Bonchev–Trinajstić information content (AvgIpc) is 3.09. The lowest BCUT2D eigenvalue weighted by Gasteiger charge is -2.07. The molecule has 1 N–H and O–H groups in total. The number of benzene rings is 2. The first-order chi connectivity index (χ1) is 13.4. The largest absolute Gasteiger partial charge is 0.484 e. The highest BCUT2D eigenvalue weighted by Crippen LogP contribution is 2.26. The maximum absolute atomic E-state index is 12.1. The minimum absolute atomic E-state index is 0.0811. The number of hydrogen-bond acceptors (Lipinski definition) is 6. The van der Waals surface area contributed by atoms with Gasteiger partial charge >= 0.3 is 0 Å². The van der Waals surface area contributed by atoms with Gasteiger partial charge in [0.15, 0.2) is 6.61 Å². The molecule has 6 nitrogen and oxygen atoms in total. The van der Waals surface area contributed by atoms with Crippen LogP contribution in [-0.4, -0.2) is 21.9 Å². The number of rotatable bonds is 7. The summed E-state index contributed by atoms with van der Waals surface area (Å²) in [6, 6.07) is 10.1. The van der Waals surface area contributed by atoms with E-state index in [-0.39, 0.29) is 23.5 Å². The fraction of sp³-hybridized carbons (Fsp3) is 0.167. The van der Waals surface area contributed by atoms with Gasteiger partial charge in [-0.25, -0.2) is 0 Å². The summed E-state index contributed by atoms with van der Waals surface area (Å²) in [6.07, 6.45) is 0. The standard InChI is InChI=1S/C18H14Cl3N3O3S/c1-10-6-11(19)3-5-15(10)26-8-17-23-24-18(27-17)28-9-16(25)22-14-4-2-12(20)7-13(14)21/h2-7H,8-9H2,1H3,(H,22,25). The van der Waals surface area contributed by atoms with Gasteiger partial charge in [0.1, 0.15) is 5.75 Å². The molecule has 0 fully saturated rings. The fourth-order valence-electron chi connectivity index (χ4n) is 2.17. The first-order valence-corrected chi connectivity index (χ1v) is 10.1. The number of hydrogen-bond donors (Lipinski definition) is 1. The molecular formula is C18H14Cl3N3O3S. The molecule has 0 aliphatic rings. The summed E-state index contributed by atoms with van der Waals surface area (Å²) in [5.74, 6) is 0.800. The number of carbonyl (C=O) groups is 1. The van der Waals surface area contributed by atoms with Gasteiger partial charge in [0.2, 0.25) is 5.91 Å². The Hall–Kier alpha value is -1.93. The van der Waals surface area contributed by atoms with Gasteiger partial charge in [0.25, 0.3) is 11.1 Å². The van der Waals surface area contributed by atoms with E-state index in [1.165, 1.54) is 0 Å². The monoisotopic (exact) mass is 457 g/mol. The van der Waals surface area contributed by atoms with Gasteiger partial charge in [-0.05, 0) is 48.9 Å². The van der Waals surface area contributed by atoms with Crippen LogP contribution < -0.4 is 10.1 Å². The molecule has 0 atom stereocenters. The second-order valence-corrected chi connectivity index (χ2v) is 7.83. The lowest BCUT2D eigenvalue weighted by Crippen LogP contribution is -2.14. The zero-order chi connectivity index (χ0) is 20.1. The molecule has 0 unspecified atom stereocenters. The summed E-state index contributed by atoms with van der Waals surface area (Å²) >= 11 is 18.9. The van der Waals surface area contributed by atoms with Crippen LogP contribution in [0.5, 0.6) is 5.75 Å². The number of nitrogens with one attached hydrogen (secondary N) is 1. The molecule has 0 radical (unpaired) electrons. The summed E-state index contributed by atoms with van der Waals surface area (Å²) < 4.78 is 11.1. The number of ether oxygens (including phenoxy) is 1. The van der Waals surface area contributed by atoms with E-state index in [9.17, 15) is 4.79 Å². The van der Waals surface area contributed by atoms with Crippen molar-refractivity contribution in [1.29, 1.82) is 0 Å². The number of halogens is 3. The van der Waals surface area contributed by atoms with E-state index in [2.05, 4.69) is 15.5 Å². The van der Waals surface area contributed by atoms with E-state index in [0.717, 1.165) is 17.3 Å². The zero-order valence-electron chi connectivity index (χ0n) is 14.5. The Labute approximate surface area is 180 Å². The van der Waals surface area contributed by atoms with Gasteiger partial charge in [-0.15, -0.1) is 10.2 Å². The van der Waals surface area contributed by atoms with Crippen molar-refractivity contribution in [3.8, 4) is 5.75 Å². The predicted molar refractivity (Wildman–Crippen MR) is 111 cm³/mol. The molecule has 146 valence electrons. The van der Waals surface area contributed by atoms with Crippen molar-refractivity contribution in [2.45, 2.75) is 18.8 Å². The topological polar surface area (TPSA) is 77.2 Å². The number of nitrogens with zero attached hydrogens (tertiary/aromatic N) is 2. The highest BCUT2D eigenvalue weighted by Gasteiger charge is 2.12. The molecule has 10 heteroatoms. The van der Waals surface area contributed by atoms with E-state index in [1.54, 1.807) is 36.4 Å². The van der Waals surface area contributed by atoms with E-state index in [1.807, 2.05) is 6.92 Å². The van der Waals surface area contributed by atoms with Crippen LogP contribution in [0.3, 0.4) is 0 Å². The van der Waals surface area contributed by atoms with Crippen molar-refractivity contribution in [3.63, 3.8) is 0 Å². The smallest absolute Gasteiger partial charge is 0.277 e. The Morgan fingerprint density at radius 2 is 1.89 bits per heavy atom. The van der Waals surface area contributed by atoms with Crippen molar-refractivity contribution in [2.24, 2.45) is 0 Å². The first-order valence-electron chi connectivity index (χ1n) is 8.00. The quantitative estimate of drug-likeness (QED) is 0.461. The molecule has 0 aliphatic heterocycles. The number of amides is 1. The van der Waals surface area contributed by atoms with Crippen LogP contribution in [0.1, 0.15) is 11.5 Å². The number of thioether (sulfide) groups is 1. The normalized spacial score (nSPS) is 10.7. The molecule has 1 amide bonds. The van der Waals surface area contributed by atoms with Crippen molar-refractivity contribution in [1.82, 2.24) is 10.2 Å². The highest BCUT2D eigenvalue weighted by molar-refractivity contribution is 7.99. The Bertz CT molecular complexity index is 997. The zero-order valence-corrected chi connectivity index (χ0v) is 17.6. The second-order valence-electron chi connectivity index (χ2n) is 5.62. The van der Waals surface area contributed by atoms with Gasteiger partial charge in [-0.2, -0.15) is 0 Å². The van der Waals surface area contributed by atoms with Crippen molar-refractivity contribution in [3.05, 3.63) is 62.9 Å². The third kappa shape index (κ3) is 5.78. The minimum Gasteiger partial charge on any atom is -0.484 e. The number of aromatic nitrogens is 2. The summed E-state index contributed by atoms with van der Waals surface area (Å²) in [5.41, 5.74) is 1.38. The van der Waals surface area contributed by atoms with Crippen LogP contribution >= 0.6 is 46.6 Å². The molecule has 0 saturated carbocycles. The average molecular weight is 459 g/mol. The molecule has 0 aliphatic carbocycles. The molecule has 1 heterocycles. The lowest BCUT2D eigenvalue weighted by molar-refractivity contribution is -0.113. The van der Waals surface area contributed by atoms with Crippen LogP contribution in [0, 0.1) is 6.92 Å². The summed E-state index contributed by atoms with van der Waals surface area (Å²) in [6.45, 7) is 2.00. The Balaban J connectivity index is 1.49. The van der Waals surface area contributed by atoms with Crippen molar-refractivity contribution >= 4 is 58.2 Å². The van der Waals surface area contributed by atoms with Crippen LogP contribution in [0.4, 0.5) is 5.69 Å². The van der Waals surface area contributed by atoms with Gasteiger partial charge in [0, 0.05) is 10.0 Å². The Morgan fingerprint density at radius 3 is 2.64 bits per heavy atom. The molecule has 28 heavy (non-hydrogen) atoms. The minimum atomic E-state index is -0.262. The number of aryl methyl sites for hydroxylation is 1. The summed E-state index contributed by atoms with van der Waals surface area (Å²) in [4.78, 5) is 12.1. The molecular weight excluding hydrogens is 445 g/mol. The van der Waals surface area contributed by atoms with Crippen molar-refractivity contribution in [2.75, 3.05) is 11.1 Å². The van der Waals surface area contributed by atoms with E-state index >= 15 is 0 Å². The van der Waals surface area contributed by atoms with Gasteiger partial charge in [-0.3, -0.25) is 4.79 Å². The van der Waals surface area contributed by atoms with Gasteiger partial charge in [0.05, 0.1) is 16.5 Å². The van der Waals surface area contributed by atoms with Crippen LogP contribution in [0.15, 0.2) is 46.0 Å². The predicted octanol–water partition coefficient (Wildman–Crippen LogP) is 5.65. The molecule has 3 aromatic rings. The summed E-state index contributed by atoms with van der Waals surface area (Å²) in [5, 5.41) is 12.3. The highest BCUT2D eigenvalue weighted by atomic mass is 35.5. The second kappa shape index (κ2) is 9.52. The molecule has 2 aromatic carbocycles. The molecule has 0 saturated heterocycles. The SMILES string of the molecule is Cc1cc(Cl)ccc1OCc1nnc(SCC(=O)Nc2ccc(Cl)cc2Cl)o1. The molecule has 0 spiro atoms. The van der Waals surface area contributed by atoms with Crippen LogP contribution in [0.2, 0.25) is 15.1 Å². The maximum Gasteiger partial charge on any atom is 0.277 e. The molecule has 0 bridgehead atoms. The van der Waals surface area contributed by atoms with Crippen LogP contribution in [0.25, 0.3) is 0 Å². The van der Waals surface area contributed by atoms with E-state index in [0.29, 0.717) is 32.4 Å². The first kappa shape index (κ1) is 20.8. The molecule has 3 rings (SSSR count). The van der Waals surface area contributed by atoms with Crippen LogP contribution in [-0.2, 0) is 11.4 Å². The number of anilines is 1. The van der Waals surface area contributed by atoms with E-state index in [4.69, 9.17) is 44.0 Å². The number of carbonyl (C=O) groups excluding carboxylic acids is 1. The van der Waals surface area contributed by atoms with Gasteiger partial charge < -0.3 is 14.5 Å². The fourth-order valence-corrected chi connectivity index (χ4v) is 3.44. The van der Waals surface area contributed by atoms with Gasteiger partial charge in [-0.1, -0.05) is 46.6 Å². The maximum atomic E-state index is 12.1.